The third-order valence-electron chi connectivity index (χ3n) is 10.6. The number of piperazine rings is 1. The van der Waals surface area contributed by atoms with E-state index in [1.807, 2.05) is 40.8 Å². The van der Waals surface area contributed by atoms with Gasteiger partial charge < -0.3 is 34.1 Å². The zero-order valence-electron chi connectivity index (χ0n) is 29.2. The average Bonchev–Trinajstić information content (AvgIpc) is 3.54. The smallest absolute Gasteiger partial charge is 0.329 e. The molecule has 266 valence electrons. The SMILES string of the molecule is COc1c(C)cc2c(c1O)[C@@H]1C3[C@@H]4SCC(NC(=O)CC(C)C)C(=O)OC[C@@H](c5c6c(c(C)c(OC(C)=O)c54)OCO6)N3[C@@H](C#N)[C@H](C2)N1C. The first-order valence-electron chi connectivity index (χ1n) is 16.9. The van der Waals surface area contributed by atoms with Gasteiger partial charge in [0.15, 0.2) is 23.0 Å². The minimum atomic E-state index is -0.953. The van der Waals surface area contributed by atoms with Crippen molar-refractivity contribution in [3.63, 3.8) is 0 Å². The van der Waals surface area contributed by atoms with E-state index in [9.17, 15) is 24.8 Å². The zero-order valence-corrected chi connectivity index (χ0v) is 30.0. The summed E-state index contributed by atoms with van der Waals surface area (Å²) in [7, 11) is 3.50. The highest BCUT2D eigenvalue weighted by atomic mass is 32.2. The van der Waals surface area contributed by atoms with E-state index in [1.54, 1.807) is 0 Å². The molecular weight excluding hydrogens is 664 g/mol. The number of nitrogens with zero attached hydrogens (tertiary/aromatic N) is 3. The van der Waals surface area contributed by atoms with E-state index in [2.05, 4.69) is 21.2 Å². The van der Waals surface area contributed by atoms with E-state index in [0.717, 1.165) is 11.1 Å². The second-order valence-corrected chi connectivity index (χ2v) is 15.3. The van der Waals surface area contributed by atoms with Gasteiger partial charge >= 0.3 is 11.9 Å². The first-order chi connectivity index (χ1) is 23.9. The van der Waals surface area contributed by atoms with Crippen LogP contribution in [-0.2, 0) is 25.5 Å². The van der Waals surface area contributed by atoms with Crippen molar-refractivity contribution in [2.24, 2.45) is 5.92 Å². The average molecular weight is 707 g/mol. The predicted molar refractivity (Wildman–Crippen MR) is 181 cm³/mol. The molecule has 0 radical (unpaired) electrons. The highest BCUT2D eigenvalue weighted by molar-refractivity contribution is 7.99. The zero-order chi connectivity index (χ0) is 35.8. The predicted octanol–water partition coefficient (Wildman–Crippen LogP) is 3.76. The molecule has 4 bridgehead atoms. The molecule has 2 saturated heterocycles. The lowest BCUT2D eigenvalue weighted by Crippen LogP contribution is -2.69. The van der Waals surface area contributed by atoms with Crippen LogP contribution in [0.15, 0.2) is 6.07 Å². The van der Waals surface area contributed by atoms with Crippen molar-refractivity contribution in [3.05, 3.63) is 39.4 Å². The lowest BCUT2D eigenvalue weighted by Gasteiger charge is -2.61. The Hall–Kier alpha value is -4.19. The van der Waals surface area contributed by atoms with Crippen LogP contribution in [0.25, 0.3) is 0 Å². The summed E-state index contributed by atoms with van der Waals surface area (Å²) in [5.41, 5.74) is 4.32. The number of benzene rings is 2. The number of phenolic OH excluding ortho intramolecular Hbond substituents is 1. The summed E-state index contributed by atoms with van der Waals surface area (Å²) in [6.07, 6.45) is 0.738. The first-order valence-corrected chi connectivity index (χ1v) is 17.9. The minimum Gasteiger partial charge on any atom is -0.504 e. The number of likely N-dealkylation sites (N-methyl/N-ethyl adjacent to an activating group) is 1. The monoisotopic (exact) mass is 706 g/mol. The number of ether oxygens (including phenoxy) is 5. The number of amides is 1. The molecule has 2 aromatic rings. The van der Waals surface area contributed by atoms with Crippen LogP contribution in [0.4, 0.5) is 0 Å². The lowest BCUT2D eigenvalue weighted by molar-refractivity contribution is -0.152. The number of aromatic hydroxyl groups is 1. The fourth-order valence-electron chi connectivity index (χ4n) is 8.69. The normalized spacial score (nSPS) is 28.1. The largest absolute Gasteiger partial charge is 0.504 e. The molecule has 14 heteroatoms. The Morgan fingerprint density at radius 1 is 1.16 bits per heavy atom. The van der Waals surface area contributed by atoms with Crippen LogP contribution < -0.4 is 24.3 Å². The number of carbonyl (C=O) groups is 3. The third-order valence-corrected chi connectivity index (χ3v) is 12.0. The number of hydrogen-bond acceptors (Lipinski definition) is 13. The van der Waals surface area contributed by atoms with E-state index in [-0.39, 0.29) is 49.2 Å². The van der Waals surface area contributed by atoms with Crippen molar-refractivity contribution in [2.45, 2.75) is 89.0 Å². The topological polar surface area (TPSA) is 160 Å². The van der Waals surface area contributed by atoms with Crippen molar-refractivity contribution in [3.8, 4) is 34.8 Å². The van der Waals surface area contributed by atoms with Crippen LogP contribution >= 0.6 is 11.8 Å². The van der Waals surface area contributed by atoms with Crippen molar-refractivity contribution in [2.75, 3.05) is 33.3 Å². The maximum atomic E-state index is 13.7. The number of thioether (sulfide) groups is 1. The number of carbonyl (C=O) groups excluding carboxylic acids is 3. The molecule has 0 saturated carbocycles. The summed E-state index contributed by atoms with van der Waals surface area (Å²) in [4.78, 5) is 43.7. The second-order valence-electron chi connectivity index (χ2n) is 14.1. The van der Waals surface area contributed by atoms with Gasteiger partial charge in [-0.05, 0) is 44.4 Å². The Balaban J connectivity index is 1.49. The summed E-state index contributed by atoms with van der Waals surface area (Å²) in [6.45, 7) is 8.67. The quantitative estimate of drug-likeness (QED) is 0.342. The van der Waals surface area contributed by atoms with E-state index in [0.29, 0.717) is 51.7 Å². The molecule has 13 nitrogen and oxygen atoms in total. The Kier molecular flexibility index (Phi) is 8.81. The Morgan fingerprint density at radius 2 is 1.90 bits per heavy atom. The van der Waals surface area contributed by atoms with E-state index in [4.69, 9.17) is 23.7 Å². The molecule has 5 aliphatic heterocycles. The molecule has 5 heterocycles. The molecule has 0 spiro atoms. The summed E-state index contributed by atoms with van der Waals surface area (Å²) in [6, 6.07) is 1.01. The highest BCUT2D eigenvalue weighted by Crippen LogP contribution is 2.64. The minimum absolute atomic E-state index is 0.0404. The van der Waals surface area contributed by atoms with E-state index >= 15 is 0 Å². The molecule has 2 N–H and O–H groups in total. The third kappa shape index (κ3) is 5.24. The molecule has 1 amide bonds. The van der Waals surface area contributed by atoms with Crippen LogP contribution in [0.3, 0.4) is 0 Å². The van der Waals surface area contributed by atoms with Gasteiger partial charge in [-0.1, -0.05) is 19.9 Å². The van der Waals surface area contributed by atoms with Gasteiger partial charge in [0.2, 0.25) is 12.7 Å². The van der Waals surface area contributed by atoms with Crippen molar-refractivity contribution in [1.29, 1.82) is 5.26 Å². The molecular formula is C36H42N4O9S. The number of cyclic esters (lactones) is 1. The lowest BCUT2D eigenvalue weighted by atomic mass is 9.71. The number of esters is 2. The summed E-state index contributed by atoms with van der Waals surface area (Å²) in [5, 5.41) is 25.2. The summed E-state index contributed by atoms with van der Waals surface area (Å²) >= 11 is 1.41. The molecule has 0 aromatic heterocycles. The second kappa shape index (κ2) is 12.9. The summed E-state index contributed by atoms with van der Waals surface area (Å²) < 4.78 is 29.8. The van der Waals surface area contributed by atoms with Crippen molar-refractivity contribution in [1.82, 2.24) is 15.1 Å². The number of nitrogens with one attached hydrogen (secondary N) is 1. The van der Waals surface area contributed by atoms with Gasteiger partial charge in [0.05, 0.1) is 30.5 Å². The first kappa shape index (κ1) is 34.3. The van der Waals surface area contributed by atoms with Gasteiger partial charge in [-0.3, -0.25) is 19.4 Å². The molecule has 50 heavy (non-hydrogen) atoms. The Labute approximate surface area is 295 Å². The molecule has 7 rings (SSSR count). The fraction of sp³-hybridized carbons (Fsp3) is 0.556. The summed E-state index contributed by atoms with van der Waals surface area (Å²) in [5.74, 6) is 0.490. The van der Waals surface area contributed by atoms with Crippen molar-refractivity contribution >= 4 is 29.6 Å². The highest BCUT2D eigenvalue weighted by Gasteiger charge is 2.60. The number of aryl methyl sites for hydroxylation is 1. The van der Waals surface area contributed by atoms with Gasteiger partial charge in [-0.25, -0.2) is 4.79 Å². The number of hydrogen-bond donors (Lipinski definition) is 2. The van der Waals surface area contributed by atoms with Crippen LogP contribution in [0.1, 0.15) is 77.9 Å². The fourth-order valence-corrected chi connectivity index (χ4v) is 10.2. The maximum Gasteiger partial charge on any atom is 0.329 e. The van der Waals surface area contributed by atoms with E-state index < -0.39 is 47.4 Å². The molecule has 2 aromatic carbocycles. The number of rotatable bonds is 5. The maximum absolute atomic E-state index is 13.7. The number of phenols is 1. The Bertz CT molecular complexity index is 1830. The van der Waals surface area contributed by atoms with E-state index in [1.165, 1.54) is 25.8 Å². The molecule has 0 aliphatic carbocycles. The number of nitriles is 1. The van der Waals surface area contributed by atoms with Gasteiger partial charge in [0.25, 0.3) is 0 Å². The molecule has 7 atom stereocenters. The van der Waals surface area contributed by atoms with Crippen LogP contribution in [-0.4, -0.2) is 90.2 Å². The number of fused-ring (bicyclic) bond motifs is 9. The number of methoxy groups -OCH3 is 1. The van der Waals surface area contributed by atoms with Crippen LogP contribution in [0, 0.1) is 31.1 Å². The molecule has 2 unspecified atom stereocenters. The van der Waals surface area contributed by atoms with Gasteiger partial charge in [0.1, 0.15) is 24.4 Å². The molecule has 2 fully saturated rings. The standard InChI is InChI=1S/C36H42N4O9S/c1-15(2)8-24(42)38-20-13-50-35-27-26(34-33(47-14-48-34)17(4)32(27)49-18(5)41)23(12-46-36(20)44)40-22(11-37)21-10-19-9-16(3)31(45-7)30(43)25(19)28(29(35)40)39(21)6/h9,15,20-23,28-29,35,43H,8,10,12-14H2,1-7H3,(H,38,42)/t20?,21-,22-,23-,28+,29?,35+/m0/s1. The van der Waals surface area contributed by atoms with Crippen molar-refractivity contribution < 1.29 is 43.2 Å². The van der Waals surface area contributed by atoms with Crippen LogP contribution in [0.5, 0.6) is 28.7 Å². The molecule has 5 aliphatic rings. The van der Waals surface area contributed by atoms with Crippen LogP contribution in [0.2, 0.25) is 0 Å². The van der Waals surface area contributed by atoms with Gasteiger partial charge in [-0.15, -0.1) is 11.8 Å². The Morgan fingerprint density at radius 3 is 2.58 bits per heavy atom. The van der Waals surface area contributed by atoms with Gasteiger partial charge in [-0.2, -0.15) is 5.26 Å². The van der Waals surface area contributed by atoms with Gasteiger partial charge in [0, 0.05) is 53.4 Å².